The third-order valence-corrected chi connectivity index (χ3v) is 5.85. The minimum atomic E-state index is 0.0818. The zero-order valence-electron chi connectivity index (χ0n) is 14.1. The molecule has 1 aromatic carbocycles. The Morgan fingerprint density at radius 3 is 2.83 bits per heavy atom. The van der Waals surface area contributed by atoms with Crippen molar-refractivity contribution in [2.75, 3.05) is 18.5 Å². The van der Waals surface area contributed by atoms with Gasteiger partial charge < -0.3 is 14.5 Å². The van der Waals surface area contributed by atoms with E-state index in [-0.39, 0.29) is 18.1 Å². The molecule has 4 heteroatoms. The number of rotatable bonds is 2. The van der Waals surface area contributed by atoms with Crippen molar-refractivity contribution < 1.29 is 9.53 Å². The molecular formula is C19H26N2O2. The molecule has 2 fully saturated rings. The Balaban J connectivity index is 1.62. The van der Waals surface area contributed by atoms with Gasteiger partial charge in [-0.15, -0.1) is 0 Å². The summed E-state index contributed by atoms with van der Waals surface area (Å²) in [5.74, 6) is 0.396. The molecule has 124 valence electrons. The minimum absolute atomic E-state index is 0.0818. The monoisotopic (exact) mass is 314 g/mol. The molecule has 0 aromatic heterocycles. The molecule has 23 heavy (non-hydrogen) atoms. The molecular weight excluding hydrogens is 288 g/mol. The molecule has 2 bridgehead atoms. The highest BCUT2D eigenvalue weighted by Crippen LogP contribution is 2.40. The van der Waals surface area contributed by atoms with Crippen LogP contribution in [-0.2, 0) is 16.1 Å². The van der Waals surface area contributed by atoms with Gasteiger partial charge in [0.05, 0.1) is 18.1 Å². The minimum Gasteiger partial charge on any atom is -0.374 e. The van der Waals surface area contributed by atoms with Crippen LogP contribution in [0.15, 0.2) is 24.3 Å². The number of amides is 1. The molecule has 0 N–H and O–H groups in total. The molecule has 1 aromatic rings. The van der Waals surface area contributed by atoms with E-state index in [4.69, 9.17) is 4.74 Å². The molecule has 0 radical (unpaired) electrons. The summed E-state index contributed by atoms with van der Waals surface area (Å²) in [4.78, 5) is 17.7. The van der Waals surface area contributed by atoms with Gasteiger partial charge >= 0.3 is 0 Å². The summed E-state index contributed by atoms with van der Waals surface area (Å²) >= 11 is 0. The number of fused-ring (bicyclic) bond motifs is 3. The zero-order chi connectivity index (χ0) is 16.0. The Bertz CT molecular complexity index is 603. The van der Waals surface area contributed by atoms with Crippen LogP contribution in [-0.4, -0.2) is 42.6 Å². The maximum absolute atomic E-state index is 13.3. The Kier molecular flexibility index (Phi) is 3.80. The summed E-state index contributed by atoms with van der Waals surface area (Å²) in [5.41, 5.74) is 2.51. The van der Waals surface area contributed by atoms with Crippen LogP contribution in [0.1, 0.15) is 38.2 Å². The van der Waals surface area contributed by atoms with Crippen molar-refractivity contribution in [1.82, 2.24) is 4.90 Å². The largest absolute Gasteiger partial charge is 0.374 e. The maximum Gasteiger partial charge on any atom is 0.229 e. The standard InChI is InChI=1S/C19H26N2O2/c1-3-14-12-20(2)17-7-5-4-6-13(17)11-21(14)19(22)16-10-15-8-9-18(16)23-15/h4-7,14-16,18H,3,8-12H2,1-2H3/t14-,15-,16+,18-/m1/s1. The van der Waals surface area contributed by atoms with Crippen LogP contribution in [0.4, 0.5) is 5.69 Å². The van der Waals surface area contributed by atoms with Gasteiger partial charge in [0.2, 0.25) is 5.91 Å². The van der Waals surface area contributed by atoms with Crippen molar-refractivity contribution in [3.63, 3.8) is 0 Å². The fourth-order valence-corrected chi connectivity index (χ4v) is 4.56. The second-order valence-electron chi connectivity index (χ2n) is 7.25. The highest BCUT2D eigenvalue weighted by Gasteiger charge is 2.46. The molecule has 4 rings (SSSR count). The van der Waals surface area contributed by atoms with Gasteiger partial charge in [-0.3, -0.25) is 4.79 Å². The summed E-state index contributed by atoms with van der Waals surface area (Å²) in [6.45, 7) is 3.82. The number of benzene rings is 1. The van der Waals surface area contributed by atoms with Crippen LogP contribution in [0, 0.1) is 5.92 Å². The molecule has 0 spiro atoms. The number of anilines is 1. The van der Waals surface area contributed by atoms with Crippen molar-refractivity contribution in [3.8, 4) is 0 Å². The van der Waals surface area contributed by atoms with Crippen molar-refractivity contribution >= 4 is 11.6 Å². The van der Waals surface area contributed by atoms with Crippen molar-refractivity contribution in [3.05, 3.63) is 29.8 Å². The smallest absolute Gasteiger partial charge is 0.229 e. The molecule has 3 aliphatic rings. The highest BCUT2D eigenvalue weighted by molar-refractivity contribution is 5.81. The molecule has 0 unspecified atom stereocenters. The fourth-order valence-electron chi connectivity index (χ4n) is 4.56. The number of nitrogens with zero attached hydrogens (tertiary/aromatic N) is 2. The molecule has 1 amide bonds. The van der Waals surface area contributed by atoms with Crippen LogP contribution < -0.4 is 4.90 Å². The first kappa shape index (κ1) is 15.0. The van der Waals surface area contributed by atoms with Gasteiger partial charge in [0.25, 0.3) is 0 Å². The Labute approximate surface area is 138 Å². The quantitative estimate of drug-likeness (QED) is 0.841. The Morgan fingerprint density at radius 1 is 1.30 bits per heavy atom. The SMILES string of the molecule is CC[C@@H]1CN(C)c2ccccc2CN1C(=O)[C@H]1C[C@H]2CC[C@H]1O2. The topological polar surface area (TPSA) is 32.8 Å². The van der Waals surface area contributed by atoms with Crippen LogP contribution in [0.25, 0.3) is 0 Å². The van der Waals surface area contributed by atoms with Crippen molar-refractivity contribution in [2.45, 2.75) is 57.4 Å². The van der Waals surface area contributed by atoms with Gasteiger partial charge in [-0.25, -0.2) is 0 Å². The van der Waals surface area contributed by atoms with Crippen LogP contribution in [0.5, 0.6) is 0 Å². The van der Waals surface area contributed by atoms with E-state index in [2.05, 4.69) is 48.0 Å². The lowest BCUT2D eigenvalue weighted by molar-refractivity contribution is -0.140. The van der Waals surface area contributed by atoms with E-state index >= 15 is 0 Å². The molecule has 0 saturated carbocycles. The Morgan fingerprint density at radius 2 is 2.13 bits per heavy atom. The van der Waals surface area contributed by atoms with Gasteiger partial charge in [0.15, 0.2) is 0 Å². The van der Waals surface area contributed by atoms with Gasteiger partial charge in [-0.05, 0) is 37.3 Å². The number of hydrogen-bond donors (Lipinski definition) is 0. The average molecular weight is 314 g/mol. The third kappa shape index (κ3) is 2.53. The second-order valence-corrected chi connectivity index (χ2v) is 7.25. The van der Waals surface area contributed by atoms with Crippen LogP contribution in [0.3, 0.4) is 0 Å². The molecule has 0 aliphatic carbocycles. The Hall–Kier alpha value is -1.55. The van der Waals surface area contributed by atoms with Crippen LogP contribution in [0.2, 0.25) is 0 Å². The summed E-state index contributed by atoms with van der Waals surface area (Å²) in [5, 5.41) is 0. The van der Waals surface area contributed by atoms with Gasteiger partial charge in [-0.2, -0.15) is 0 Å². The summed E-state index contributed by atoms with van der Waals surface area (Å²) in [6.07, 6.45) is 4.61. The van der Waals surface area contributed by atoms with E-state index in [1.54, 1.807) is 0 Å². The zero-order valence-corrected chi connectivity index (χ0v) is 14.1. The van der Waals surface area contributed by atoms with Gasteiger partial charge in [-0.1, -0.05) is 25.1 Å². The number of carbonyl (C=O) groups excluding carboxylic acids is 1. The maximum atomic E-state index is 13.3. The fraction of sp³-hybridized carbons (Fsp3) is 0.632. The molecule has 2 saturated heterocycles. The molecule has 3 aliphatic heterocycles. The number of likely N-dealkylation sites (N-methyl/N-ethyl adjacent to an activating group) is 1. The number of hydrogen-bond acceptors (Lipinski definition) is 3. The van der Waals surface area contributed by atoms with E-state index in [0.717, 1.165) is 38.8 Å². The first-order valence-corrected chi connectivity index (χ1v) is 8.92. The van der Waals surface area contributed by atoms with Crippen molar-refractivity contribution in [2.24, 2.45) is 5.92 Å². The molecule has 4 atom stereocenters. The summed E-state index contributed by atoms with van der Waals surface area (Å²) in [7, 11) is 2.14. The second kappa shape index (κ2) is 5.82. The summed E-state index contributed by atoms with van der Waals surface area (Å²) in [6, 6.07) is 8.75. The number of para-hydroxylation sites is 1. The molecule has 4 nitrogen and oxygen atoms in total. The van der Waals surface area contributed by atoms with E-state index in [1.165, 1.54) is 11.3 Å². The number of carbonyl (C=O) groups is 1. The summed E-state index contributed by atoms with van der Waals surface area (Å²) < 4.78 is 5.93. The number of ether oxygens (including phenoxy) is 1. The lowest BCUT2D eigenvalue weighted by Gasteiger charge is -2.34. The van der Waals surface area contributed by atoms with Gasteiger partial charge in [0.1, 0.15) is 0 Å². The lowest BCUT2D eigenvalue weighted by atomic mass is 9.87. The predicted molar refractivity (Wildman–Crippen MR) is 90.3 cm³/mol. The van der Waals surface area contributed by atoms with E-state index in [9.17, 15) is 4.79 Å². The lowest BCUT2D eigenvalue weighted by Crippen LogP contribution is -2.47. The van der Waals surface area contributed by atoms with Crippen molar-refractivity contribution in [1.29, 1.82) is 0 Å². The first-order chi connectivity index (χ1) is 11.2. The average Bonchev–Trinajstić information content (AvgIpc) is 3.17. The van der Waals surface area contributed by atoms with Gasteiger partial charge in [0, 0.05) is 31.9 Å². The van der Waals surface area contributed by atoms with E-state index in [0.29, 0.717) is 12.0 Å². The predicted octanol–water partition coefficient (Wildman–Crippen LogP) is 2.81. The molecule has 3 heterocycles. The van der Waals surface area contributed by atoms with E-state index in [1.807, 2.05) is 0 Å². The normalized spacial score (nSPS) is 32.8. The highest BCUT2D eigenvalue weighted by atomic mass is 16.5. The third-order valence-electron chi connectivity index (χ3n) is 5.85. The first-order valence-electron chi connectivity index (χ1n) is 8.92. The van der Waals surface area contributed by atoms with E-state index < -0.39 is 0 Å². The van der Waals surface area contributed by atoms with Crippen LogP contribution >= 0.6 is 0 Å².